The summed E-state index contributed by atoms with van der Waals surface area (Å²) in [5.41, 5.74) is 0.790. The molecule has 0 atom stereocenters. The molecule has 0 spiro atoms. The van der Waals surface area contributed by atoms with Crippen LogP contribution in [-0.2, 0) is 5.54 Å². The molecule has 2 aliphatic rings. The Morgan fingerprint density at radius 2 is 1.85 bits per heavy atom. The quantitative estimate of drug-likeness (QED) is 0.799. The molecular weight excluding hydrogens is 366 g/mol. The van der Waals surface area contributed by atoms with Gasteiger partial charge in [0.2, 0.25) is 0 Å². The van der Waals surface area contributed by atoms with Crippen molar-refractivity contribution in [3.05, 3.63) is 53.1 Å². The lowest BCUT2D eigenvalue weighted by molar-refractivity contribution is -0.286. The summed E-state index contributed by atoms with van der Waals surface area (Å²) in [5.74, 6) is -0.198. The predicted octanol–water partition coefficient (Wildman–Crippen LogP) is 4.86. The van der Waals surface area contributed by atoms with Crippen molar-refractivity contribution in [1.29, 1.82) is 0 Å². The van der Waals surface area contributed by atoms with Crippen LogP contribution in [0.1, 0.15) is 24.8 Å². The van der Waals surface area contributed by atoms with Crippen LogP contribution in [-0.4, -0.2) is 12.3 Å². The average Bonchev–Trinajstić information content (AvgIpc) is 2.84. The molecule has 8 heteroatoms. The van der Waals surface area contributed by atoms with Crippen molar-refractivity contribution >= 4 is 23.3 Å². The van der Waals surface area contributed by atoms with Crippen LogP contribution in [0.15, 0.2) is 42.5 Å². The Bertz CT molecular complexity index is 871. The number of ether oxygens (including phenoxy) is 2. The van der Waals surface area contributed by atoms with Crippen molar-refractivity contribution in [2.45, 2.75) is 31.1 Å². The molecule has 0 aromatic heterocycles. The predicted molar refractivity (Wildman–Crippen MR) is 91.8 cm³/mol. The molecule has 0 unspecified atom stereocenters. The molecule has 1 saturated carbocycles. The minimum Gasteiger partial charge on any atom is -0.395 e. The number of carbonyl (C=O) groups is 1. The van der Waals surface area contributed by atoms with Crippen molar-refractivity contribution in [3.63, 3.8) is 0 Å². The van der Waals surface area contributed by atoms with E-state index in [4.69, 9.17) is 11.6 Å². The first-order valence-electron chi connectivity index (χ1n) is 8.10. The molecule has 1 heterocycles. The molecule has 0 radical (unpaired) electrons. The van der Waals surface area contributed by atoms with Gasteiger partial charge in [-0.25, -0.2) is 4.79 Å². The SMILES string of the molecule is O=C(Nc1ccc2c(c1)OC(F)(F)O2)NC1(c2cccc(Cl)c2)CCC1. The third kappa shape index (κ3) is 3.14. The summed E-state index contributed by atoms with van der Waals surface area (Å²) in [7, 11) is 0. The van der Waals surface area contributed by atoms with Crippen LogP contribution >= 0.6 is 11.6 Å². The monoisotopic (exact) mass is 380 g/mol. The van der Waals surface area contributed by atoms with E-state index in [0.29, 0.717) is 10.7 Å². The second kappa shape index (κ2) is 6.02. The van der Waals surface area contributed by atoms with Crippen molar-refractivity contribution in [2.24, 2.45) is 0 Å². The molecule has 2 aromatic rings. The number of nitrogens with one attached hydrogen (secondary N) is 2. The minimum absolute atomic E-state index is 0.0738. The summed E-state index contributed by atoms with van der Waals surface area (Å²) in [6.07, 6.45) is -1.10. The van der Waals surface area contributed by atoms with E-state index in [1.807, 2.05) is 18.2 Å². The summed E-state index contributed by atoms with van der Waals surface area (Å²) in [6, 6.07) is 11.0. The number of fused-ring (bicyclic) bond motifs is 1. The summed E-state index contributed by atoms with van der Waals surface area (Å²) >= 11 is 6.06. The number of urea groups is 1. The summed E-state index contributed by atoms with van der Waals surface area (Å²) in [6.45, 7) is 0. The second-order valence-electron chi connectivity index (χ2n) is 6.35. The standard InChI is InChI=1S/C18H15ClF2N2O3/c19-12-4-1-3-11(9-12)17(7-2-8-17)23-16(24)22-13-5-6-14-15(10-13)26-18(20,21)25-14/h1,3-6,9-10H,2,7-8H2,(H2,22,23,24). The Hall–Kier alpha value is -2.54. The maximum atomic E-state index is 13.1. The number of alkyl halides is 2. The fraction of sp³-hybridized carbons (Fsp3) is 0.278. The largest absolute Gasteiger partial charge is 0.586 e. The van der Waals surface area contributed by atoms with Crippen molar-refractivity contribution in [2.75, 3.05) is 5.32 Å². The van der Waals surface area contributed by atoms with Gasteiger partial charge in [0, 0.05) is 16.8 Å². The number of rotatable bonds is 3. The van der Waals surface area contributed by atoms with Crippen LogP contribution in [0.5, 0.6) is 11.5 Å². The van der Waals surface area contributed by atoms with Gasteiger partial charge in [0.1, 0.15) is 0 Å². The average molecular weight is 381 g/mol. The summed E-state index contributed by atoms with van der Waals surface area (Å²) in [4.78, 5) is 12.4. The van der Waals surface area contributed by atoms with E-state index in [1.54, 1.807) is 6.07 Å². The lowest BCUT2D eigenvalue weighted by Crippen LogP contribution is -2.52. The normalized spacial score (nSPS) is 18.7. The lowest BCUT2D eigenvalue weighted by atomic mass is 9.72. The topological polar surface area (TPSA) is 59.6 Å². The van der Waals surface area contributed by atoms with Crippen molar-refractivity contribution < 1.29 is 23.0 Å². The van der Waals surface area contributed by atoms with Crippen LogP contribution in [0.3, 0.4) is 0 Å². The van der Waals surface area contributed by atoms with Gasteiger partial charge in [-0.3, -0.25) is 0 Å². The first kappa shape index (κ1) is 16.9. The van der Waals surface area contributed by atoms with E-state index in [2.05, 4.69) is 20.1 Å². The lowest BCUT2D eigenvalue weighted by Gasteiger charge is -2.43. The number of carbonyl (C=O) groups excluding carboxylic acids is 1. The van der Waals surface area contributed by atoms with E-state index in [-0.39, 0.29) is 11.5 Å². The molecule has 26 heavy (non-hydrogen) atoms. The summed E-state index contributed by atoms with van der Waals surface area (Å²) in [5, 5.41) is 6.23. The van der Waals surface area contributed by atoms with Crippen LogP contribution < -0.4 is 20.1 Å². The van der Waals surface area contributed by atoms with Gasteiger partial charge in [-0.1, -0.05) is 23.7 Å². The molecule has 2 N–H and O–H groups in total. The maximum Gasteiger partial charge on any atom is 0.586 e. The Balaban J connectivity index is 1.48. The molecule has 136 valence electrons. The number of anilines is 1. The third-order valence-electron chi connectivity index (χ3n) is 4.60. The van der Waals surface area contributed by atoms with Gasteiger partial charge in [-0.05, 0) is 49.1 Å². The highest BCUT2D eigenvalue weighted by Crippen LogP contribution is 2.43. The molecule has 1 aliphatic heterocycles. The number of halogens is 3. The smallest absolute Gasteiger partial charge is 0.395 e. The van der Waals surface area contributed by atoms with Crippen LogP contribution in [0.4, 0.5) is 19.3 Å². The highest BCUT2D eigenvalue weighted by atomic mass is 35.5. The Kier molecular flexibility index (Phi) is 3.91. The Morgan fingerprint density at radius 1 is 1.08 bits per heavy atom. The van der Waals surface area contributed by atoms with E-state index in [0.717, 1.165) is 24.8 Å². The fourth-order valence-electron chi connectivity index (χ4n) is 3.21. The molecule has 5 nitrogen and oxygen atoms in total. The molecular formula is C18H15ClF2N2O3. The number of benzene rings is 2. The summed E-state index contributed by atoms with van der Waals surface area (Å²) < 4.78 is 34.9. The van der Waals surface area contributed by atoms with Crippen molar-refractivity contribution in [3.8, 4) is 11.5 Å². The molecule has 1 aliphatic carbocycles. The zero-order chi connectivity index (χ0) is 18.4. The first-order valence-corrected chi connectivity index (χ1v) is 8.48. The van der Waals surface area contributed by atoms with E-state index >= 15 is 0 Å². The van der Waals surface area contributed by atoms with E-state index in [1.165, 1.54) is 18.2 Å². The first-order chi connectivity index (χ1) is 12.4. The van der Waals surface area contributed by atoms with Crippen LogP contribution in [0.25, 0.3) is 0 Å². The number of hydrogen-bond acceptors (Lipinski definition) is 3. The van der Waals surface area contributed by atoms with Gasteiger partial charge in [0.15, 0.2) is 11.5 Å². The Morgan fingerprint density at radius 3 is 2.54 bits per heavy atom. The molecule has 0 saturated heterocycles. The molecule has 2 aromatic carbocycles. The number of amides is 2. The van der Waals surface area contributed by atoms with Gasteiger partial charge in [-0.2, -0.15) is 0 Å². The molecule has 0 bridgehead atoms. The molecule has 1 fully saturated rings. The molecule has 2 amide bonds. The van der Waals surface area contributed by atoms with Crippen LogP contribution in [0.2, 0.25) is 5.02 Å². The van der Waals surface area contributed by atoms with Crippen LogP contribution in [0, 0.1) is 0 Å². The minimum atomic E-state index is -3.69. The zero-order valence-corrected chi connectivity index (χ0v) is 14.3. The van der Waals surface area contributed by atoms with Gasteiger partial charge < -0.3 is 20.1 Å². The van der Waals surface area contributed by atoms with Crippen molar-refractivity contribution in [1.82, 2.24) is 5.32 Å². The van der Waals surface area contributed by atoms with Gasteiger partial charge in [0.25, 0.3) is 0 Å². The number of hydrogen-bond donors (Lipinski definition) is 2. The van der Waals surface area contributed by atoms with Gasteiger partial charge >= 0.3 is 12.3 Å². The zero-order valence-electron chi connectivity index (χ0n) is 13.5. The van der Waals surface area contributed by atoms with E-state index < -0.39 is 17.9 Å². The third-order valence-corrected chi connectivity index (χ3v) is 4.83. The van der Waals surface area contributed by atoms with E-state index in [9.17, 15) is 13.6 Å². The highest BCUT2D eigenvalue weighted by Gasteiger charge is 2.43. The highest BCUT2D eigenvalue weighted by molar-refractivity contribution is 6.30. The second-order valence-corrected chi connectivity index (χ2v) is 6.79. The van der Waals surface area contributed by atoms with Gasteiger partial charge in [-0.15, -0.1) is 8.78 Å². The maximum absolute atomic E-state index is 13.1. The van der Waals surface area contributed by atoms with Gasteiger partial charge in [0.05, 0.1) is 5.54 Å². The molecule has 4 rings (SSSR count). The Labute approximate surface area is 153 Å². The fourth-order valence-corrected chi connectivity index (χ4v) is 3.40.